The molecule has 1 aliphatic rings. The molecule has 28 heavy (non-hydrogen) atoms. The fraction of sp³-hybridized carbons (Fsp3) is 0.167. The molecule has 3 aromatic heterocycles. The fourth-order valence-corrected chi connectivity index (χ4v) is 4.00. The number of carbonyl (C=O) groups excluding carboxylic acids is 1. The van der Waals surface area contributed by atoms with Crippen molar-refractivity contribution < 1.29 is 4.79 Å². The van der Waals surface area contributed by atoms with Crippen LogP contribution in [0.3, 0.4) is 0 Å². The van der Waals surface area contributed by atoms with Crippen LogP contribution in [0, 0.1) is 0 Å². The van der Waals surface area contributed by atoms with Crippen molar-refractivity contribution in [2.24, 2.45) is 0 Å². The second-order valence-corrected chi connectivity index (χ2v) is 8.35. The molecule has 0 unspecified atom stereocenters. The minimum Gasteiger partial charge on any atom is -0.320 e. The molecule has 1 fully saturated rings. The van der Waals surface area contributed by atoms with Gasteiger partial charge in [0.25, 0.3) is 5.91 Å². The first-order valence-corrected chi connectivity index (χ1v) is 10.3. The van der Waals surface area contributed by atoms with Gasteiger partial charge in [0.2, 0.25) is 0 Å². The van der Waals surface area contributed by atoms with Crippen molar-refractivity contribution in [3.63, 3.8) is 0 Å². The quantitative estimate of drug-likeness (QED) is 0.410. The van der Waals surface area contributed by atoms with Crippen molar-refractivity contribution in [3.05, 3.63) is 52.0 Å². The molecule has 4 aromatic rings. The summed E-state index contributed by atoms with van der Waals surface area (Å²) in [6, 6.07) is 3.76. The van der Waals surface area contributed by atoms with Crippen LogP contribution in [0.2, 0.25) is 0 Å². The van der Waals surface area contributed by atoms with E-state index < -0.39 is 0 Å². The van der Waals surface area contributed by atoms with Gasteiger partial charge in [-0.15, -0.1) is 0 Å². The van der Waals surface area contributed by atoms with Crippen LogP contribution in [0.25, 0.3) is 10.9 Å². The van der Waals surface area contributed by atoms with Gasteiger partial charge in [-0.25, -0.2) is 9.97 Å². The lowest BCUT2D eigenvalue weighted by Gasteiger charge is -2.07. The minimum atomic E-state index is -0.241. The van der Waals surface area contributed by atoms with Gasteiger partial charge in [0, 0.05) is 15.8 Å². The van der Waals surface area contributed by atoms with Crippen LogP contribution in [0.5, 0.6) is 0 Å². The van der Waals surface area contributed by atoms with E-state index >= 15 is 0 Å². The summed E-state index contributed by atoms with van der Waals surface area (Å²) < 4.78 is 0.781. The zero-order chi connectivity index (χ0) is 19.1. The molecule has 3 heterocycles. The summed E-state index contributed by atoms with van der Waals surface area (Å²) in [5, 5.41) is 14.4. The molecule has 0 saturated heterocycles. The number of H-pyrrole nitrogens is 1. The number of halogens is 1. The van der Waals surface area contributed by atoms with E-state index in [2.05, 4.69) is 51.7 Å². The topological polar surface area (TPSA) is 108 Å². The molecule has 0 aliphatic heterocycles. The Bertz CT molecular complexity index is 1170. The molecule has 0 spiro atoms. The van der Waals surface area contributed by atoms with E-state index in [1.54, 1.807) is 18.6 Å². The van der Waals surface area contributed by atoms with Crippen LogP contribution in [-0.2, 0) is 0 Å². The third-order valence-electron chi connectivity index (χ3n) is 4.44. The van der Waals surface area contributed by atoms with Crippen LogP contribution in [0.15, 0.2) is 41.4 Å². The smallest absolute Gasteiger partial charge is 0.267 e. The Kier molecular flexibility index (Phi) is 4.29. The third-order valence-corrected chi connectivity index (χ3v) is 6.02. The van der Waals surface area contributed by atoms with Crippen molar-refractivity contribution in [2.45, 2.75) is 18.8 Å². The van der Waals surface area contributed by atoms with Gasteiger partial charge in [0.15, 0.2) is 10.9 Å². The Hall–Kier alpha value is -2.85. The van der Waals surface area contributed by atoms with Crippen molar-refractivity contribution in [3.8, 4) is 0 Å². The number of anilines is 3. The van der Waals surface area contributed by atoms with E-state index in [4.69, 9.17) is 0 Å². The Morgan fingerprint density at radius 3 is 2.82 bits per heavy atom. The van der Waals surface area contributed by atoms with E-state index in [9.17, 15) is 4.79 Å². The summed E-state index contributed by atoms with van der Waals surface area (Å²) in [5.74, 6) is 0.933. The SMILES string of the molecule is O=C(Nc1c(Br)ccc2[nH]ncc12)c1cnc(Nc2cnc(C3CC3)cn2)s1. The van der Waals surface area contributed by atoms with Gasteiger partial charge in [0.1, 0.15) is 4.88 Å². The van der Waals surface area contributed by atoms with Crippen molar-refractivity contribution >= 4 is 60.7 Å². The maximum absolute atomic E-state index is 12.7. The standard InChI is InChI=1S/C18H14BrN7OS/c19-11-3-4-12-10(5-23-26-12)16(11)25-17(27)14-7-22-18(28-14)24-15-8-20-13(6-21-15)9-1-2-9/h3-9H,1-2H2,(H,23,26)(H,25,27)(H,21,22,24). The number of benzene rings is 1. The first-order valence-electron chi connectivity index (χ1n) is 8.65. The largest absolute Gasteiger partial charge is 0.320 e. The number of rotatable bonds is 5. The van der Waals surface area contributed by atoms with E-state index in [1.807, 2.05) is 12.1 Å². The average molecular weight is 456 g/mol. The third kappa shape index (κ3) is 3.36. The molecular formula is C18H14BrN7OS. The molecule has 8 nitrogen and oxygen atoms in total. The molecule has 0 radical (unpaired) electrons. The summed E-state index contributed by atoms with van der Waals surface area (Å²) >= 11 is 4.73. The lowest BCUT2D eigenvalue weighted by Crippen LogP contribution is -2.10. The second kappa shape index (κ2) is 6.95. The van der Waals surface area contributed by atoms with E-state index in [0.29, 0.717) is 27.4 Å². The highest BCUT2D eigenvalue weighted by molar-refractivity contribution is 9.10. The lowest BCUT2D eigenvalue weighted by atomic mass is 10.2. The maximum atomic E-state index is 12.7. The molecule has 1 amide bonds. The van der Waals surface area contributed by atoms with E-state index in [1.165, 1.54) is 30.4 Å². The molecular weight excluding hydrogens is 442 g/mol. The monoisotopic (exact) mass is 455 g/mol. The number of amides is 1. The van der Waals surface area contributed by atoms with Crippen molar-refractivity contribution in [2.75, 3.05) is 10.6 Å². The van der Waals surface area contributed by atoms with Gasteiger partial charge < -0.3 is 10.6 Å². The number of aromatic nitrogens is 5. The van der Waals surface area contributed by atoms with Crippen LogP contribution >= 0.6 is 27.3 Å². The van der Waals surface area contributed by atoms with Crippen LogP contribution in [0.4, 0.5) is 16.6 Å². The molecule has 1 aromatic carbocycles. The number of nitrogens with one attached hydrogen (secondary N) is 3. The first kappa shape index (κ1) is 17.3. The van der Waals surface area contributed by atoms with Crippen LogP contribution in [0.1, 0.15) is 34.1 Å². The summed E-state index contributed by atoms with van der Waals surface area (Å²) in [6.07, 6.45) is 9.09. The molecule has 140 valence electrons. The zero-order valence-electron chi connectivity index (χ0n) is 14.4. The van der Waals surface area contributed by atoms with Gasteiger partial charge in [-0.2, -0.15) is 5.10 Å². The highest BCUT2D eigenvalue weighted by Gasteiger charge is 2.25. The number of aromatic amines is 1. The lowest BCUT2D eigenvalue weighted by molar-refractivity contribution is 0.103. The van der Waals surface area contributed by atoms with Gasteiger partial charge in [-0.3, -0.25) is 14.9 Å². The Balaban J connectivity index is 1.31. The highest BCUT2D eigenvalue weighted by Crippen LogP contribution is 2.38. The normalized spacial score (nSPS) is 13.6. The minimum absolute atomic E-state index is 0.241. The number of thiazole rings is 1. The summed E-state index contributed by atoms with van der Waals surface area (Å²) in [7, 11) is 0. The molecule has 3 N–H and O–H groups in total. The average Bonchev–Trinajstić information content (AvgIpc) is 3.25. The van der Waals surface area contributed by atoms with Crippen molar-refractivity contribution in [1.29, 1.82) is 0 Å². The molecule has 0 bridgehead atoms. The van der Waals surface area contributed by atoms with Gasteiger partial charge in [-0.1, -0.05) is 11.3 Å². The molecule has 10 heteroatoms. The van der Waals surface area contributed by atoms with E-state index in [-0.39, 0.29) is 5.91 Å². The van der Waals surface area contributed by atoms with Crippen molar-refractivity contribution in [1.82, 2.24) is 25.1 Å². The highest BCUT2D eigenvalue weighted by atomic mass is 79.9. The number of fused-ring (bicyclic) bond motifs is 1. The zero-order valence-corrected chi connectivity index (χ0v) is 16.8. The first-order chi connectivity index (χ1) is 13.7. The molecule has 0 atom stereocenters. The predicted molar refractivity (Wildman–Crippen MR) is 111 cm³/mol. The Labute approximate surface area is 172 Å². The number of carbonyl (C=O) groups is 1. The summed E-state index contributed by atoms with van der Waals surface area (Å²) in [5.41, 5.74) is 2.54. The fourth-order valence-electron chi connectivity index (χ4n) is 2.83. The Morgan fingerprint density at radius 2 is 2.04 bits per heavy atom. The van der Waals surface area contributed by atoms with Gasteiger partial charge >= 0.3 is 0 Å². The number of hydrogen-bond acceptors (Lipinski definition) is 7. The van der Waals surface area contributed by atoms with Gasteiger partial charge in [-0.05, 0) is 40.9 Å². The number of hydrogen-bond donors (Lipinski definition) is 3. The van der Waals surface area contributed by atoms with E-state index in [0.717, 1.165) is 21.1 Å². The maximum Gasteiger partial charge on any atom is 0.267 e. The Morgan fingerprint density at radius 1 is 1.14 bits per heavy atom. The molecule has 1 saturated carbocycles. The molecule has 1 aliphatic carbocycles. The summed E-state index contributed by atoms with van der Waals surface area (Å²) in [6.45, 7) is 0. The molecule has 5 rings (SSSR count). The van der Waals surface area contributed by atoms with Crippen LogP contribution in [-0.4, -0.2) is 31.1 Å². The van der Waals surface area contributed by atoms with Gasteiger partial charge in [0.05, 0.1) is 41.7 Å². The predicted octanol–water partition coefficient (Wildman–Crippen LogP) is 4.45. The van der Waals surface area contributed by atoms with Crippen LogP contribution < -0.4 is 10.6 Å². The summed E-state index contributed by atoms with van der Waals surface area (Å²) in [4.78, 5) is 26.2. The number of nitrogens with zero attached hydrogens (tertiary/aromatic N) is 4. The second-order valence-electron chi connectivity index (χ2n) is 6.46.